The molecule has 0 saturated heterocycles. The molecule has 1 aromatic carbocycles. The molecule has 1 atom stereocenters. The van der Waals surface area contributed by atoms with Gasteiger partial charge in [-0.05, 0) is 30.7 Å². The summed E-state index contributed by atoms with van der Waals surface area (Å²) in [5.41, 5.74) is 0.361. The molecule has 3 aromatic heterocycles. The summed E-state index contributed by atoms with van der Waals surface area (Å²) in [6, 6.07) is 7.98. The number of hydrogen-bond donors (Lipinski definition) is 0. The van der Waals surface area contributed by atoms with E-state index in [1.165, 1.54) is 25.3 Å². The highest BCUT2D eigenvalue weighted by Gasteiger charge is 2.45. The van der Waals surface area contributed by atoms with Crippen molar-refractivity contribution in [2.75, 3.05) is 7.11 Å². The van der Waals surface area contributed by atoms with Crippen LogP contribution in [0.5, 0.6) is 5.88 Å². The smallest absolute Gasteiger partial charge is 0.416 e. The average Bonchev–Trinajstić information content (AvgIpc) is 3.43. The van der Waals surface area contributed by atoms with Gasteiger partial charge in [-0.1, -0.05) is 18.2 Å². The fraction of sp³-hybridized carbons (Fsp3) is 0.304. The lowest BCUT2D eigenvalue weighted by Gasteiger charge is -2.30. The summed E-state index contributed by atoms with van der Waals surface area (Å²) in [6.45, 7) is 1.04. The van der Waals surface area contributed by atoms with Crippen LogP contribution in [0.4, 0.5) is 22.0 Å². The zero-order chi connectivity index (χ0) is 25.0. The van der Waals surface area contributed by atoms with Gasteiger partial charge in [0, 0.05) is 12.6 Å². The maximum atomic E-state index is 14.6. The number of pyridine rings is 1. The number of ether oxygens (including phenoxy) is 1. The van der Waals surface area contributed by atoms with Crippen molar-refractivity contribution in [3.63, 3.8) is 0 Å². The Hall–Kier alpha value is -3.83. The van der Waals surface area contributed by atoms with Crippen LogP contribution in [0.1, 0.15) is 35.0 Å². The molecule has 35 heavy (non-hydrogen) atoms. The van der Waals surface area contributed by atoms with Crippen molar-refractivity contribution in [1.82, 2.24) is 29.3 Å². The Balaban J connectivity index is 1.59. The quantitative estimate of drug-likeness (QED) is 0.375. The molecule has 0 spiro atoms. The molecule has 0 saturated carbocycles. The number of aromatic nitrogens is 6. The monoisotopic (exact) mass is 490 g/mol. The predicted octanol–water partition coefficient (Wildman–Crippen LogP) is 5.03. The van der Waals surface area contributed by atoms with Gasteiger partial charge < -0.3 is 9.30 Å². The number of hydrogen-bond acceptors (Lipinski definition) is 5. The summed E-state index contributed by atoms with van der Waals surface area (Å²) in [5, 5.41) is 4.17. The van der Waals surface area contributed by atoms with Crippen LogP contribution in [0.15, 0.2) is 48.9 Å². The normalized spacial score (nSPS) is 17.3. The van der Waals surface area contributed by atoms with Crippen molar-refractivity contribution in [3.8, 4) is 23.1 Å². The molecule has 0 bridgehead atoms. The molecule has 4 aromatic rings. The fourth-order valence-electron chi connectivity index (χ4n) is 4.28. The molecule has 12 heteroatoms. The van der Waals surface area contributed by atoms with Gasteiger partial charge in [0.25, 0.3) is 5.92 Å². The zero-order valence-electron chi connectivity index (χ0n) is 18.6. The lowest BCUT2D eigenvalue weighted by Crippen LogP contribution is -2.35. The summed E-state index contributed by atoms with van der Waals surface area (Å²) in [5.74, 6) is -4.31. The molecule has 0 fully saturated rings. The summed E-state index contributed by atoms with van der Waals surface area (Å²) in [6.07, 6.45) is -2.15. The van der Waals surface area contributed by atoms with E-state index in [4.69, 9.17) is 4.74 Å². The van der Waals surface area contributed by atoms with Gasteiger partial charge in [0.2, 0.25) is 5.88 Å². The van der Waals surface area contributed by atoms with E-state index in [0.29, 0.717) is 5.69 Å². The van der Waals surface area contributed by atoms with Crippen molar-refractivity contribution < 1.29 is 26.7 Å². The number of fused-ring (bicyclic) bond motifs is 1. The number of aryl methyl sites for hydroxylation is 1. The molecule has 0 N–H and O–H groups in total. The molecule has 7 nitrogen and oxygen atoms in total. The molecule has 0 aliphatic carbocycles. The standard InChI is InChI=1S/C23H19F5N6O/c1-13-10-33(12-29-13)18-8-7-17(30-21(18)35-2)19-31-20-15(9-22(24,25)11-34(20)32-19)14-5-3-4-6-16(14)23(26,27)28/h3-8,10,12,15H,9,11H2,1-2H3/t15-/m0/s1. The van der Waals surface area contributed by atoms with Crippen molar-refractivity contribution in [1.29, 1.82) is 0 Å². The van der Waals surface area contributed by atoms with Crippen molar-refractivity contribution in [3.05, 3.63) is 71.6 Å². The third-order valence-electron chi connectivity index (χ3n) is 5.79. The van der Waals surface area contributed by atoms with Gasteiger partial charge >= 0.3 is 6.18 Å². The number of methoxy groups -OCH3 is 1. The lowest BCUT2D eigenvalue weighted by molar-refractivity contribution is -0.138. The minimum Gasteiger partial charge on any atom is -0.479 e. The number of imidazole rings is 1. The minimum atomic E-state index is -4.70. The number of rotatable bonds is 4. The number of benzene rings is 1. The van der Waals surface area contributed by atoms with E-state index in [2.05, 4.69) is 20.1 Å². The molecule has 182 valence electrons. The van der Waals surface area contributed by atoms with Gasteiger partial charge in [-0.15, -0.1) is 5.10 Å². The first-order valence-corrected chi connectivity index (χ1v) is 10.6. The van der Waals surface area contributed by atoms with Crippen LogP contribution < -0.4 is 4.74 Å². The second kappa shape index (κ2) is 8.14. The van der Waals surface area contributed by atoms with E-state index >= 15 is 0 Å². The maximum Gasteiger partial charge on any atom is 0.416 e. The predicted molar refractivity (Wildman–Crippen MR) is 115 cm³/mol. The van der Waals surface area contributed by atoms with Crippen LogP contribution in [0.25, 0.3) is 17.2 Å². The van der Waals surface area contributed by atoms with Gasteiger partial charge in [-0.2, -0.15) is 13.2 Å². The third-order valence-corrected chi connectivity index (χ3v) is 5.79. The first-order chi connectivity index (χ1) is 16.6. The second-order valence-corrected chi connectivity index (χ2v) is 8.30. The Morgan fingerprint density at radius 2 is 1.86 bits per heavy atom. The molecule has 0 radical (unpaired) electrons. The van der Waals surface area contributed by atoms with Gasteiger partial charge in [0.1, 0.15) is 23.8 Å². The zero-order valence-corrected chi connectivity index (χ0v) is 18.6. The molecular weight excluding hydrogens is 471 g/mol. The minimum absolute atomic E-state index is 0.0128. The number of halogens is 5. The highest BCUT2D eigenvalue weighted by Crippen LogP contribution is 2.44. The molecule has 4 heterocycles. The molecular formula is C23H19F5N6O. The van der Waals surface area contributed by atoms with Crippen LogP contribution in [0.3, 0.4) is 0 Å². The Labute approximate surface area is 196 Å². The van der Waals surface area contributed by atoms with Crippen molar-refractivity contribution in [2.45, 2.75) is 37.9 Å². The lowest BCUT2D eigenvalue weighted by atomic mass is 9.86. The van der Waals surface area contributed by atoms with Gasteiger partial charge in [-0.3, -0.25) is 0 Å². The first kappa shape index (κ1) is 22.9. The summed E-state index contributed by atoms with van der Waals surface area (Å²) >= 11 is 0. The van der Waals surface area contributed by atoms with Crippen molar-refractivity contribution >= 4 is 0 Å². The van der Waals surface area contributed by atoms with Crippen molar-refractivity contribution in [2.24, 2.45) is 0 Å². The summed E-state index contributed by atoms with van der Waals surface area (Å²) in [7, 11) is 1.43. The number of nitrogens with zero attached hydrogens (tertiary/aromatic N) is 6. The van der Waals surface area contributed by atoms with Gasteiger partial charge in [-0.25, -0.2) is 28.4 Å². The topological polar surface area (TPSA) is 70.7 Å². The van der Waals surface area contributed by atoms with Crippen LogP contribution >= 0.6 is 0 Å². The molecule has 0 amide bonds. The van der Waals surface area contributed by atoms with Crippen LogP contribution in [0.2, 0.25) is 0 Å². The first-order valence-electron chi connectivity index (χ1n) is 10.6. The van der Waals surface area contributed by atoms with E-state index in [1.54, 1.807) is 29.2 Å². The highest BCUT2D eigenvalue weighted by molar-refractivity contribution is 5.56. The SMILES string of the molecule is COc1nc(-c2nc3n(n2)CC(F)(F)C[C@H]3c2ccccc2C(F)(F)F)ccc1-n1cnc(C)c1. The summed E-state index contributed by atoms with van der Waals surface area (Å²) in [4.78, 5) is 12.9. The third kappa shape index (κ3) is 4.24. The largest absolute Gasteiger partial charge is 0.479 e. The molecule has 1 aliphatic heterocycles. The van der Waals surface area contributed by atoms with E-state index in [1.807, 2.05) is 6.92 Å². The van der Waals surface area contributed by atoms with Gasteiger partial charge in [0.15, 0.2) is 5.82 Å². The average molecular weight is 490 g/mol. The van der Waals surface area contributed by atoms with E-state index in [-0.39, 0.29) is 28.8 Å². The fourth-order valence-corrected chi connectivity index (χ4v) is 4.28. The summed E-state index contributed by atoms with van der Waals surface area (Å²) < 4.78 is 78.2. The van der Waals surface area contributed by atoms with Gasteiger partial charge in [0.05, 0.1) is 30.6 Å². The molecule has 0 unspecified atom stereocenters. The van der Waals surface area contributed by atoms with E-state index in [9.17, 15) is 22.0 Å². The molecule has 5 rings (SSSR count). The Bertz CT molecular complexity index is 1390. The Morgan fingerprint density at radius 1 is 1.09 bits per heavy atom. The van der Waals surface area contributed by atoms with Crippen LogP contribution in [0, 0.1) is 6.92 Å². The van der Waals surface area contributed by atoms with E-state index in [0.717, 1.165) is 16.4 Å². The van der Waals surface area contributed by atoms with E-state index < -0.39 is 36.5 Å². The Morgan fingerprint density at radius 3 is 2.54 bits per heavy atom. The highest BCUT2D eigenvalue weighted by atomic mass is 19.4. The molecule has 1 aliphatic rings. The van der Waals surface area contributed by atoms with Crippen LogP contribution in [-0.2, 0) is 12.7 Å². The Kier molecular flexibility index (Phi) is 5.33. The maximum absolute atomic E-state index is 14.6. The number of alkyl halides is 5. The van der Waals surface area contributed by atoms with Crippen LogP contribution in [-0.4, -0.2) is 42.3 Å². The second-order valence-electron chi connectivity index (χ2n) is 8.30.